The molecule has 1 aromatic rings. The number of thioether (sulfide) groups is 1. The van der Waals surface area contributed by atoms with Gasteiger partial charge >= 0.3 is 0 Å². The fraction of sp³-hybridized carbons (Fsp3) is 0.556. The molecule has 0 aromatic carbocycles. The lowest BCUT2D eigenvalue weighted by Crippen LogP contribution is -2.06. The summed E-state index contributed by atoms with van der Waals surface area (Å²) >= 11 is 1.52. The third kappa shape index (κ3) is 1.83. The average molecular weight is 211 g/mol. The van der Waals surface area contributed by atoms with Gasteiger partial charge < -0.3 is 10.5 Å². The Balaban J connectivity index is 2.43. The van der Waals surface area contributed by atoms with Crippen LogP contribution in [0.1, 0.15) is 11.3 Å². The number of hydrogen-bond donors (Lipinski definition) is 1. The van der Waals surface area contributed by atoms with Crippen LogP contribution in [0.5, 0.6) is 0 Å². The SMILES string of the molecule is CSc1nc(N)c2c(n1)CCOCC2. The van der Waals surface area contributed by atoms with Crippen molar-refractivity contribution >= 4 is 17.6 Å². The Kier molecular flexibility index (Phi) is 2.88. The molecule has 1 aliphatic heterocycles. The van der Waals surface area contributed by atoms with Gasteiger partial charge in [-0.3, -0.25) is 0 Å². The third-order valence-corrected chi connectivity index (χ3v) is 2.81. The van der Waals surface area contributed by atoms with Gasteiger partial charge in [-0.05, 0) is 6.26 Å². The summed E-state index contributed by atoms with van der Waals surface area (Å²) in [6.45, 7) is 1.45. The number of anilines is 1. The summed E-state index contributed by atoms with van der Waals surface area (Å²) in [6.07, 6.45) is 3.62. The standard InChI is InChI=1S/C9H13N3OS/c1-14-9-11-7-3-5-13-4-2-6(7)8(10)12-9/h2-5H2,1H3,(H2,10,11,12). The second-order valence-electron chi connectivity index (χ2n) is 3.13. The topological polar surface area (TPSA) is 61.0 Å². The molecule has 0 bridgehead atoms. The number of hydrogen-bond acceptors (Lipinski definition) is 5. The first-order valence-electron chi connectivity index (χ1n) is 4.58. The van der Waals surface area contributed by atoms with Crippen LogP contribution in [-0.2, 0) is 17.6 Å². The average Bonchev–Trinajstić information content (AvgIpc) is 2.42. The number of fused-ring (bicyclic) bond motifs is 1. The summed E-state index contributed by atoms with van der Waals surface area (Å²) in [4.78, 5) is 8.67. The highest BCUT2D eigenvalue weighted by molar-refractivity contribution is 7.98. The monoisotopic (exact) mass is 211 g/mol. The van der Waals surface area contributed by atoms with Crippen molar-refractivity contribution in [2.45, 2.75) is 18.0 Å². The smallest absolute Gasteiger partial charge is 0.189 e. The number of ether oxygens (including phenoxy) is 1. The molecule has 0 saturated heterocycles. The summed E-state index contributed by atoms with van der Waals surface area (Å²) in [5, 5.41) is 0.753. The second-order valence-corrected chi connectivity index (χ2v) is 3.91. The fourth-order valence-electron chi connectivity index (χ4n) is 1.54. The van der Waals surface area contributed by atoms with Crippen molar-refractivity contribution < 1.29 is 4.74 Å². The molecule has 0 saturated carbocycles. The Morgan fingerprint density at radius 2 is 2.07 bits per heavy atom. The first-order chi connectivity index (χ1) is 6.81. The Bertz CT molecular complexity index is 343. The van der Waals surface area contributed by atoms with E-state index in [9.17, 15) is 0 Å². The van der Waals surface area contributed by atoms with Gasteiger partial charge in [-0.15, -0.1) is 0 Å². The summed E-state index contributed by atoms with van der Waals surface area (Å²) in [6, 6.07) is 0. The summed E-state index contributed by atoms with van der Waals surface area (Å²) in [5.74, 6) is 0.616. The number of nitrogen functional groups attached to an aromatic ring is 1. The molecule has 4 nitrogen and oxygen atoms in total. The van der Waals surface area contributed by atoms with Gasteiger partial charge in [-0.2, -0.15) is 0 Å². The lowest BCUT2D eigenvalue weighted by Gasteiger charge is -2.07. The van der Waals surface area contributed by atoms with Gasteiger partial charge in [-0.25, -0.2) is 9.97 Å². The number of nitrogens with zero attached hydrogens (tertiary/aromatic N) is 2. The molecule has 14 heavy (non-hydrogen) atoms. The second kappa shape index (κ2) is 4.14. The van der Waals surface area contributed by atoms with Crippen LogP contribution in [0.4, 0.5) is 5.82 Å². The summed E-state index contributed by atoms with van der Waals surface area (Å²) in [5.41, 5.74) is 7.99. The molecule has 0 aliphatic carbocycles. The Morgan fingerprint density at radius 1 is 1.29 bits per heavy atom. The minimum Gasteiger partial charge on any atom is -0.383 e. The van der Waals surface area contributed by atoms with E-state index in [-0.39, 0.29) is 0 Å². The largest absolute Gasteiger partial charge is 0.383 e. The van der Waals surface area contributed by atoms with Gasteiger partial charge in [0.25, 0.3) is 0 Å². The maximum Gasteiger partial charge on any atom is 0.189 e. The van der Waals surface area contributed by atoms with Crippen molar-refractivity contribution in [3.63, 3.8) is 0 Å². The highest BCUT2D eigenvalue weighted by Gasteiger charge is 2.14. The van der Waals surface area contributed by atoms with Crippen LogP contribution >= 0.6 is 11.8 Å². The van der Waals surface area contributed by atoms with Crippen LogP contribution in [0.3, 0.4) is 0 Å². The summed E-state index contributed by atoms with van der Waals surface area (Å²) in [7, 11) is 0. The van der Waals surface area contributed by atoms with Gasteiger partial charge in [0.15, 0.2) is 5.16 Å². The molecule has 0 fully saturated rings. The van der Waals surface area contributed by atoms with E-state index in [0.29, 0.717) is 5.82 Å². The van der Waals surface area contributed by atoms with Crippen LogP contribution in [0.2, 0.25) is 0 Å². The molecule has 76 valence electrons. The van der Waals surface area contributed by atoms with E-state index in [4.69, 9.17) is 10.5 Å². The molecular weight excluding hydrogens is 198 g/mol. The molecule has 5 heteroatoms. The van der Waals surface area contributed by atoms with Crippen LogP contribution in [0.25, 0.3) is 0 Å². The van der Waals surface area contributed by atoms with Crippen molar-refractivity contribution in [2.24, 2.45) is 0 Å². The maximum atomic E-state index is 5.87. The Hall–Kier alpha value is -0.810. The Labute approximate surface area is 87.3 Å². The zero-order chi connectivity index (χ0) is 9.97. The molecule has 0 radical (unpaired) electrons. The first kappa shape index (κ1) is 9.73. The molecule has 0 amide bonds. The zero-order valence-electron chi connectivity index (χ0n) is 8.12. The van der Waals surface area contributed by atoms with Crippen LogP contribution < -0.4 is 5.73 Å². The predicted octanol–water partition coefficient (Wildman–Crippen LogP) is 0.896. The van der Waals surface area contributed by atoms with Crippen molar-refractivity contribution in [1.82, 2.24) is 9.97 Å². The number of aromatic nitrogens is 2. The van der Waals surface area contributed by atoms with E-state index in [2.05, 4.69) is 9.97 Å². The minimum atomic E-state index is 0.616. The van der Waals surface area contributed by atoms with Gasteiger partial charge in [0.2, 0.25) is 0 Å². The van der Waals surface area contributed by atoms with Crippen molar-refractivity contribution in [2.75, 3.05) is 25.2 Å². The minimum absolute atomic E-state index is 0.616. The molecule has 0 unspecified atom stereocenters. The molecule has 2 rings (SSSR count). The molecule has 0 spiro atoms. The number of nitrogens with two attached hydrogens (primary N) is 1. The van der Waals surface area contributed by atoms with E-state index in [1.807, 2.05) is 6.26 Å². The lowest BCUT2D eigenvalue weighted by molar-refractivity contribution is 0.146. The predicted molar refractivity (Wildman–Crippen MR) is 56.5 cm³/mol. The maximum absolute atomic E-state index is 5.87. The van der Waals surface area contributed by atoms with Crippen LogP contribution in [0.15, 0.2) is 5.16 Å². The zero-order valence-corrected chi connectivity index (χ0v) is 8.93. The van der Waals surface area contributed by atoms with E-state index in [1.54, 1.807) is 0 Å². The normalized spacial score (nSPS) is 16.1. The van der Waals surface area contributed by atoms with Gasteiger partial charge in [0.05, 0.1) is 18.9 Å². The molecule has 2 N–H and O–H groups in total. The molecule has 2 heterocycles. The van der Waals surface area contributed by atoms with Gasteiger partial charge in [-0.1, -0.05) is 11.8 Å². The molecule has 1 aliphatic rings. The van der Waals surface area contributed by atoms with E-state index < -0.39 is 0 Å². The van der Waals surface area contributed by atoms with Crippen LogP contribution in [-0.4, -0.2) is 29.4 Å². The van der Waals surface area contributed by atoms with Gasteiger partial charge in [0.1, 0.15) is 5.82 Å². The van der Waals surface area contributed by atoms with Gasteiger partial charge in [0, 0.05) is 18.4 Å². The van der Waals surface area contributed by atoms with E-state index in [0.717, 1.165) is 42.5 Å². The quantitative estimate of drug-likeness (QED) is 0.552. The fourth-order valence-corrected chi connectivity index (χ4v) is 1.93. The molecule has 1 aromatic heterocycles. The molecular formula is C9H13N3OS. The summed E-state index contributed by atoms with van der Waals surface area (Å²) < 4.78 is 5.38. The molecule has 0 atom stereocenters. The van der Waals surface area contributed by atoms with Crippen molar-refractivity contribution in [1.29, 1.82) is 0 Å². The third-order valence-electron chi connectivity index (χ3n) is 2.27. The first-order valence-corrected chi connectivity index (χ1v) is 5.80. The Morgan fingerprint density at radius 3 is 2.86 bits per heavy atom. The van der Waals surface area contributed by atoms with E-state index >= 15 is 0 Å². The lowest BCUT2D eigenvalue weighted by atomic mass is 10.1. The highest BCUT2D eigenvalue weighted by atomic mass is 32.2. The van der Waals surface area contributed by atoms with E-state index in [1.165, 1.54) is 11.8 Å². The van der Waals surface area contributed by atoms with Crippen LogP contribution in [0, 0.1) is 0 Å². The highest BCUT2D eigenvalue weighted by Crippen LogP contribution is 2.21. The number of rotatable bonds is 1. The van der Waals surface area contributed by atoms with Crippen molar-refractivity contribution in [3.8, 4) is 0 Å². The van der Waals surface area contributed by atoms with Crippen molar-refractivity contribution in [3.05, 3.63) is 11.3 Å².